The molecule has 2 heterocycles. The Morgan fingerprint density at radius 2 is 1.87 bits per heavy atom. The standard InChI is InChI=1S/C21H26N2O7S/c1-5-28-20(27)30-12(2)29-19(26)16-21(3,4)31-18-15(17(25)23(16)18)22-14(24)11-13-9-7-6-8-10-13/h6-10,12,15-16,18H,5,11H2,1-4H3,(H,22,24). The first kappa shape index (κ1) is 22.9. The van der Waals surface area contributed by atoms with E-state index in [2.05, 4.69) is 10.1 Å². The highest BCUT2D eigenvalue weighted by atomic mass is 32.2. The fraction of sp³-hybridized carbons (Fsp3) is 0.524. The van der Waals surface area contributed by atoms with Crippen LogP contribution in [0.15, 0.2) is 30.3 Å². The van der Waals surface area contributed by atoms with Crippen LogP contribution < -0.4 is 5.32 Å². The lowest BCUT2D eigenvalue weighted by molar-refractivity contribution is -0.180. The summed E-state index contributed by atoms with van der Waals surface area (Å²) in [6.45, 7) is 6.81. The van der Waals surface area contributed by atoms with E-state index in [0.29, 0.717) is 0 Å². The molecule has 10 heteroatoms. The first-order valence-corrected chi connectivity index (χ1v) is 10.9. The molecule has 31 heavy (non-hydrogen) atoms. The minimum absolute atomic E-state index is 0.132. The highest BCUT2D eigenvalue weighted by molar-refractivity contribution is 8.01. The summed E-state index contributed by atoms with van der Waals surface area (Å²) in [5, 5.41) is 2.40. The Morgan fingerprint density at radius 1 is 1.19 bits per heavy atom. The van der Waals surface area contributed by atoms with Gasteiger partial charge in [-0.1, -0.05) is 30.3 Å². The Bertz CT molecular complexity index is 861. The van der Waals surface area contributed by atoms with E-state index in [-0.39, 0.29) is 30.2 Å². The number of nitrogens with one attached hydrogen (secondary N) is 1. The number of nitrogens with zero attached hydrogens (tertiary/aromatic N) is 1. The highest BCUT2D eigenvalue weighted by Gasteiger charge is 2.64. The van der Waals surface area contributed by atoms with Gasteiger partial charge in [0.25, 0.3) is 0 Å². The number of rotatable bonds is 7. The van der Waals surface area contributed by atoms with E-state index in [1.165, 1.54) is 23.6 Å². The molecule has 0 spiro atoms. The molecule has 2 aliphatic rings. The largest absolute Gasteiger partial charge is 0.511 e. The molecule has 1 aromatic rings. The van der Waals surface area contributed by atoms with Crippen molar-refractivity contribution in [2.75, 3.05) is 6.61 Å². The number of esters is 1. The number of carbonyl (C=O) groups excluding carboxylic acids is 4. The molecule has 168 valence electrons. The molecule has 0 aromatic heterocycles. The predicted molar refractivity (Wildman–Crippen MR) is 112 cm³/mol. The average Bonchev–Trinajstić information content (AvgIpc) is 2.95. The van der Waals surface area contributed by atoms with Crippen LogP contribution in [0, 0.1) is 0 Å². The lowest BCUT2D eigenvalue weighted by Crippen LogP contribution is -2.71. The summed E-state index contributed by atoms with van der Waals surface area (Å²) in [5.74, 6) is -1.28. The van der Waals surface area contributed by atoms with Gasteiger partial charge in [0.1, 0.15) is 17.5 Å². The first-order valence-electron chi connectivity index (χ1n) is 10.0. The summed E-state index contributed by atoms with van der Waals surface area (Å²) < 4.78 is 14.1. The van der Waals surface area contributed by atoms with Crippen LogP contribution in [-0.2, 0) is 35.0 Å². The van der Waals surface area contributed by atoms with Gasteiger partial charge in [-0.05, 0) is 26.3 Å². The summed E-state index contributed by atoms with van der Waals surface area (Å²) >= 11 is 1.42. The maximum Gasteiger partial charge on any atom is 0.511 e. The van der Waals surface area contributed by atoms with Crippen molar-refractivity contribution in [2.24, 2.45) is 0 Å². The van der Waals surface area contributed by atoms with E-state index in [0.717, 1.165) is 5.56 Å². The van der Waals surface area contributed by atoms with E-state index in [4.69, 9.17) is 9.47 Å². The maximum atomic E-state index is 12.8. The number of hydrogen-bond donors (Lipinski definition) is 1. The zero-order valence-corrected chi connectivity index (χ0v) is 18.6. The summed E-state index contributed by atoms with van der Waals surface area (Å²) in [6, 6.07) is 7.66. The van der Waals surface area contributed by atoms with Gasteiger partial charge in [0, 0.05) is 11.7 Å². The Balaban J connectivity index is 1.60. The van der Waals surface area contributed by atoms with E-state index in [1.807, 2.05) is 44.2 Å². The minimum atomic E-state index is -1.16. The number of thioether (sulfide) groups is 1. The molecule has 9 nitrogen and oxygen atoms in total. The third-order valence-electron chi connectivity index (χ3n) is 4.99. The molecule has 1 aromatic carbocycles. The summed E-state index contributed by atoms with van der Waals surface area (Å²) in [7, 11) is 0. The lowest BCUT2D eigenvalue weighted by atomic mass is 9.96. The van der Waals surface area contributed by atoms with Crippen molar-refractivity contribution < 1.29 is 33.4 Å². The number of hydrogen-bond acceptors (Lipinski definition) is 8. The van der Waals surface area contributed by atoms with Crippen LogP contribution >= 0.6 is 11.8 Å². The van der Waals surface area contributed by atoms with Gasteiger partial charge in [-0.3, -0.25) is 9.59 Å². The van der Waals surface area contributed by atoms with Gasteiger partial charge >= 0.3 is 12.1 Å². The molecular weight excluding hydrogens is 424 g/mol. The number of fused-ring (bicyclic) bond motifs is 1. The van der Waals surface area contributed by atoms with Crippen molar-refractivity contribution in [1.82, 2.24) is 10.2 Å². The zero-order valence-electron chi connectivity index (χ0n) is 17.8. The maximum absolute atomic E-state index is 12.8. The van der Waals surface area contributed by atoms with Gasteiger partial charge in [0.15, 0.2) is 0 Å². The van der Waals surface area contributed by atoms with E-state index < -0.39 is 35.2 Å². The molecule has 0 bridgehead atoms. The van der Waals surface area contributed by atoms with Crippen LogP contribution in [0.5, 0.6) is 0 Å². The molecule has 1 N–H and O–H groups in total. The van der Waals surface area contributed by atoms with Crippen LogP contribution in [0.2, 0.25) is 0 Å². The van der Waals surface area contributed by atoms with Gasteiger partial charge in [-0.2, -0.15) is 0 Å². The van der Waals surface area contributed by atoms with Crippen molar-refractivity contribution >= 4 is 35.7 Å². The van der Waals surface area contributed by atoms with Crippen LogP contribution in [0.4, 0.5) is 4.79 Å². The molecule has 2 fully saturated rings. The predicted octanol–water partition coefficient (Wildman–Crippen LogP) is 1.84. The Morgan fingerprint density at radius 3 is 2.52 bits per heavy atom. The lowest BCUT2D eigenvalue weighted by Gasteiger charge is -2.44. The second-order valence-corrected chi connectivity index (χ2v) is 9.54. The van der Waals surface area contributed by atoms with Gasteiger partial charge in [0.05, 0.1) is 13.0 Å². The topological polar surface area (TPSA) is 111 Å². The van der Waals surface area contributed by atoms with E-state index >= 15 is 0 Å². The summed E-state index contributed by atoms with van der Waals surface area (Å²) in [6.07, 6.45) is -1.94. The smallest absolute Gasteiger partial charge is 0.435 e. The summed E-state index contributed by atoms with van der Waals surface area (Å²) in [4.78, 5) is 50.7. The quantitative estimate of drug-likeness (QED) is 0.381. The van der Waals surface area contributed by atoms with Gasteiger partial charge in [0.2, 0.25) is 18.1 Å². The fourth-order valence-electron chi connectivity index (χ4n) is 3.67. The Hall–Kier alpha value is -2.75. The Kier molecular flexibility index (Phi) is 6.78. The van der Waals surface area contributed by atoms with Crippen molar-refractivity contribution in [3.8, 4) is 0 Å². The molecule has 0 radical (unpaired) electrons. The molecule has 4 unspecified atom stereocenters. The summed E-state index contributed by atoms with van der Waals surface area (Å²) in [5.41, 5.74) is 0.847. The van der Waals surface area contributed by atoms with Crippen molar-refractivity contribution in [3.05, 3.63) is 35.9 Å². The van der Waals surface area contributed by atoms with E-state index in [9.17, 15) is 19.2 Å². The molecule has 3 rings (SSSR count). The minimum Gasteiger partial charge on any atom is -0.435 e. The molecule has 2 aliphatic heterocycles. The fourth-order valence-corrected chi connectivity index (χ4v) is 5.29. The molecule has 2 saturated heterocycles. The number of benzene rings is 1. The molecule has 0 aliphatic carbocycles. The third-order valence-corrected chi connectivity index (χ3v) is 6.57. The SMILES string of the molecule is CCOC(=O)OC(C)OC(=O)C1N2C(=O)C(NC(=O)Cc3ccccc3)C2SC1(C)C. The average molecular weight is 451 g/mol. The van der Waals surface area contributed by atoms with E-state index in [1.54, 1.807) is 6.92 Å². The van der Waals surface area contributed by atoms with Crippen molar-refractivity contribution in [2.45, 2.75) is 62.6 Å². The second kappa shape index (κ2) is 9.17. The van der Waals surface area contributed by atoms with Gasteiger partial charge < -0.3 is 24.4 Å². The van der Waals surface area contributed by atoms with Crippen molar-refractivity contribution in [1.29, 1.82) is 0 Å². The van der Waals surface area contributed by atoms with Crippen LogP contribution in [0.3, 0.4) is 0 Å². The van der Waals surface area contributed by atoms with Gasteiger partial charge in [-0.25, -0.2) is 9.59 Å². The van der Waals surface area contributed by atoms with Gasteiger partial charge in [-0.15, -0.1) is 11.8 Å². The number of ether oxygens (including phenoxy) is 3. The normalized spacial score (nSPS) is 24.5. The first-order chi connectivity index (χ1) is 14.6. The Labute approximate surface area is 184 Å². The second-order valence-electron chi connectivity index (χ2n) is 7.77. The number of amides is 2. The monoisotopic (exact) mass is 450 g/mol. The zero-order chi connectivity index (χ0) is 22.8. The number of carbonyl (C=O) groups is 4. The third kappa shape index (κ3) is 4.95. The molecule has 4 atom stereocenters. The molecular formula is C21H26N2O7S. The van der Waals surface area contributed by atoms with Crippen LogP contribution in [0.1, 0.15) is 33.3 Å². The highest BCUT2D eigenvalue weighted by Crippen LogP contribution is 2.51. The van der Waals surface area contributed by atoms with Crippen LogP contribution in [-0.4, -0.2) is 63.9 Å². The number of β-lactam (4-membered cyclic amide) rings is 1. The van der Waals surface area contributed by atoms with Crippen LogP contribution in [0.25, 0.3) is 0 Å². The van der Waals surface area contributed by atoms with Crippen molar-refractivity contribution in [3.63, 3.8) is 0 Å². The molecule has 0 saturated carbocycles. The molecule has 2 amide bonds.